The fraction of sp³-hybridized carbons (Fsp3) is 0.0323. The van der Waals surface area contributed by atoms with Gasteiger partial charge in [0.25, 0.3) is 5.56 Å². The molecule has 0 radical (unpaired) electrons. The van der Waals surface area contributed by atoms with Crippen LogP contribution in [-0.2, 0) is 0 Å². The average molecular weight is 457 g/mol. The SMILES string of the molecule is Cc1ccc2cccnc2c1-n1c(-c2ccccc2)c(-c2ccccc2)c2cc(F)ccc2c1=O. The third-order valence-electron chi connectivity index (χ3n) is 6.43. The summed E-state index contributed by atoms with van der Waals surface area (Å²) in [7, 11) is 0. The van der Waals surface area contributed by atoms with Crippen LogP contribution in [0.4, 0.5) is 4.39 Å². The van der Waals surface area contributed by atoms with Crippen LogP contribution < -0.4 is 5.56 Å². The van der Waals surface area contributed by atoms with Crippen molar-refractivity contribution in [2.24, 2.45) is 0 Å². The monoisotopic (exact) mass is 456 g/mol. The number of pyridine rings is 2. The number of benzene rings is 4. The second kappa shape index (κ2) is 8.33. The highest BCUT2D eigenvalue weighted by Gasteiger charge is 2.23. The molecule has 2 heterocycles. The van der Waals surface area contributed by atoms with Crippen LogP contribution in [0, 0.1) is 12.7 Å². The van der Waals surface area contributed by atoms with Crippen molar-refractivity contribution in [3.05, 3.63) is 131 Å². The molecule has 168 valence electrons. The fourth-order valence-electron chi connectivity index (χ4n) is 4.86. The standard InChI is InChI=1S/C31H21FN2O/c1-20-14-15-22-13-8-18-33-28(22)29(20)34-30(23-11-6-3-7-12-23)27(21-9-4-2-5-10-21)26-19-24(32)16-17-25(26)31(34)35/h2-19H,1H3. The number of rotatable bonds is 3. The molecule has 0 bridgehead atoms. The summed E-state index contributed by atoms with van der Waals surface area (Å²) in [5.41, 5.74) is 5.47. The van der Waals surface area contributed by atoms with E-state index >= 15 is 0 Å². The molecule has 0 N–H and O–H groups in total. The van der Waals surface area contributed by atoms with E-state index in [2.05, 4.69) is 4.98 Å². The first-order valence-electron chi connectivity index (χ1n) is 11.5. The lowest BCUT2D eigenvalue weighted by Crippen LogP contribution is -2.23. The fourth-order valence-corrected chi connectivity index (χ4v) is 4.86. The molecule has 0 spiro atoms. The van der Waals surface area contributed by atoms with Crippen LogP contribution >= 0.6 is 0 Å². The zero-order valence-electron chi connectivity index (χ0n) is 19.1. The number of hydrogen-bond acceptors (Lipinski definition) is 2. The van der Waals surface area contributed by atoms with Crippen LogP contribution in [0.5, 0.6) is 0 Å². The molecule has 0 aliphatic heterocycles. The molecule has 0 aliphatic carbocycles. The molecule has 35 heavy (non-hydrogen) atoms. The normalized spacial score (nSPS) is 11.3. The lowest BCUT2D eigenvalue weighted by Gasteiger charge is -2.22. The summed E-state index contributed by atoms with van der Waals surface area (Å²) in [6.07, 6.45) is 1.74. The maximum atomic E-state index is 14.6. The van der Waals surface area contributed by atoms with Gasteiger partial charge in [-0.2, -0.15) is 0 Å². The molecule has 0 saturated carbocycles. The highest BCUT2D eigenvalue weighted by Crippen LogP contribution is 2.39. The summed E-state index contributed by atoms with van der Waals surface area (Å²) in [6.45, 7) is 1.99. The Kier molecular flexibility index (Phi) is 5.00. The smallest absolute Gasteiger partial charge is 0.263 e. The Morgan fingerprint density at radius 1 is 0.743 bits per heavy atom. The summed E-state index contributed by atoms with van der Waals surface area (Å²) in [6, 6.07) is 32.0. The largest absolute Gasteiger partial charge is 0.273 e. The Labute approximate surface area is 201 Å². The van der Waals surface area contributed by atoms with Crippen LogP contribution in [0.2, 0.25) is 0 Å². The van der Waals surface area contributed by atoms with Crippen molar-refractivity contribution >= 4 is 21.7 Å². The van der Waals surface area contributed by atoms with Crippen LogP contribution in [0.15, 0.2) is 114 Å². The quantitative estimate of drug-likeness (QED) is 0.280. The number of aryl methyl sites for hydroxylation is 1. The molecule has 0 aliphatic rings. The van der Waals surface area contributed by atoms with Gasteiger partial charge in [0.2, 0.25) is 0 Å². The maximum absolute atomic E-state index is 14.6. The Morgan fingerprint density at radius 3 is 2.20 bits per heavy atom. The number of hydrogen-bond donors (Lipinski definition) is 0. The molecule has 0 amide bonds. The van der Waals surface area contributed by atoms with E-state index < -0.39 is 0 Å². The first-order chi connectivity index (χ1) is 17.1. The van der Waals surface area contributed by atoms with E-state index in [0.29, 0.717) is 16.5 Å². The van der Waals surface area contributed by atoms with Gasteiger partial charge in [0.15, 0.2) is 0 Å². The predicted octanol–water partition coefficient (Wildman–Crippen LogP) is 7.32. The molecule has 0 saturated heterocycles. The van der Waals surface area contributed by atoms with Gasteiger partial charge in [-0.3, -0.25) is 14.3 Å². The summed E-state index contributed by atoms with van der Waals surface area (Å²) >= 11 is 0. The lowest BCUT2D eigenvalue weighted by molar-refractivity contribution is 0.629. The molecule has 0 unspecified atom stereocenters. The van der Waals surface area contributed by atoms with E-state index in [-0.39, 0.29) is 11.4 Å². The van der Waals surface area contributed by atoms with Gasteiger partial charge in [-0.25, -0.2) is 4.39 Å². The van der Waals surface area contributed by atoms with Crippen LogP contribution in [-0.4, -0.2) is 9.55 Å². The summed E-state index contributed by atoms with van der Waals surface area (Å²) in [5.74, 6) is -0.381. The van der Waals surface area contributed by atoms with Gasteiger partial charge in [0.1, 0.15) is 5.82 Å². The molecule has 4 aromatic carbocycles. The molecule has 6 aromatic rings. The van der Waals surface area contributed by atoms with E-state index in [1.54, 1.807) is 16.8 Å². The van der Waals surface area contributed by atoms with Gasteiger partial charge in [-0.15, -0.1) is 0 Å². The topological polar surface area (TPSA) is 34.9 Å². The molecule has 2 aromatic heterocycles. The van der Waals surface area contributed by atoms with E-state index in [1.807, 2.05) is 91.9 Å². The predicted molar refractivity (Wildman–Crippen MR) is 140 cm³/mol. The molecule has 0 atom stereocenters. The minimum Gasteiger partial charge on any atom is -0.273 e. The third kappa shape index (κ3) is 3.42. The number of nitrogens with zero attached hydrogens (tertiary/aromatic N) is 2. The van der Waals surface area contributed by atoms with Gasteiger partial charge in [0, 0.05) is 27.9 Å². The Morgan fingerprint density at radius 2 is 1.46 bits per heavy atom. The second-order valence-electron chi connectivity index (χ2n) is 8.59. The minimum atomic E-state index is -0.381. The van der Waals surface area contributed by atoms with E-state index in [4.69, 9.17) is 0 Å². The molecular weight excluding hydrogens is 435 g/mol. The zero-order valence-corrected chi connectivity index (χ0v) is 19.1. The third-order valence-corrected chi connectivity index (χ3v) is 6.43. The summed E-state index contributed by atoms with van der Waals surface area (Å²) < 4.78 is 16.3. The van der Waals surface area contributed by atoms with Gasteiger partial charge < -0.3 is 0 Å². The van der Waals surface area contributed by atoms with Crippen molar-refractivity contribution < 1.29 is 4.39 Å². The maximum Gasteiger partial charge on any atom is 0.263 e. The van der Waals surface area contributed by atoms with Gasteiger partial charge >= 0.3 is 0 Å². The molecule has 3 nitrogen and oxygen atoms in total. The van der Waals surface area contributed by atoms with E-state index in [1.165, 1.54) is 12.1 Å². The second-order valence-corrected chi connectivity index (χ2v) is 8.59. The summed E-state index contributed by atoms with van der Waals surface area (Å²) in [5, 5.41) is 1.99. The first-order valence-corrected chi connectivity index (χ1v) is 11.5. The van der Waals surface area contributed by atoms with Crippen molar-refractivity contribution in [1.82, 2.24) is 9.55 Å². The first kappa shape index (κ1) is 21.0. The highest BCUT2D eigenvalue weighted by atomic mass is 19.1. The van der Waals surface area contributed by atoms with Crippen LogP contribution in [0.3, 0.4) is 0 Å². The van der Waals surface area contributed by atoms with E-state index in [0.717, 1.165) is 38.8 Å². The van der Waals surface area contributed by atoms with Crippen molar-refractivity contribution in [2.75, 3.05) is 0 Å². The molecular formula is C31H21FN2O. The Balaban J connectivity index is 1.91. The average Bonchev–Trinajstić information content (AvgIpc) is 2.90. The van der Waals surface area contributed by atoms with Crippen molar-refractivity contribution in [2.45, 2.75) is 6.92 Å². The Hall–Kier alpha value is -4.57. The molecule has 6 rings (SSSR count). The minimum absolute atomic E-state index is 0.209. The van der Waals surface area contributed by atoms with Crippen molar-refractivity contribution in [3.63, 3.8) is 0 Å². The van der Waals surface area contributed by atoms with Gasteiger partial charge in [0.05, 0.1) is 16.9 Å². The molecule has 0 fully saturated rings. The number of fused-ring (bicyclic) bond motifs is 2. The Bertz CT molecular complexity index is 1770. The van der Waals surface area contributed by atoms with E-state index in [9.17, 15) is 9.18 Å². The van der Waals surface area contributed by atoms with Crippen molar-refractivity contribution in [3.8, 4) is 28.1 Å². The van der Waals surface area contributed by atoms with Crippen molar-refractivity contribution in [1.29, 1.82) is 0 Å². The van der Waals surface area contributed by atoms with Crippen LogP contribution in [0.25, 0.3) is 49.7 Å². The number of halogens is 1. The zero-order chi connectivity index (χ0) is 23.9. The number of aromatic nitrogens is 2. The van der Waals surface area contributed by atoms with Gasteiger partial charge in [-0.05, 0) is 47.9 Å². The molecule has 4 heteroatoms. The lowest BCUT2D eigenvalue weighted by atomic mass is 9.92. The summed E-state index contributed by atoms with van der Waals surface area (Å²) in [4.78, 5) is 18.9. The van der Waals surface area contributed by atoms with Crippen LogP contribution in [0.1, 0.15) is 5.56 Å². The van der Waals surface area contributed by atoms with Gasteiger partial charge in [-0.1, -0.05) is 78.9 Å². The highest BCUT2D eigenvalue weighted by molar-refractivity contribution is 6.04.